The molecule has 1 amide bonds. The highest BCUT2D eigenvalue weighted by Gasteiger charge is 2.61. The molecule has 2 fully saturated rings. The van der Waals surface area contributed by atoms with Gasteiger partial charge in [-0.15, -0.1) is 0 Å². The summed E-state index contributed by atoms with van der Waals surface area (Å²) >= 11 is 0. The largest absolute Gasteiger partial charge is 0.368 e. The molecule has 0 aromatic heterocycles. The minimum absolute atomic E-state index is 0.0725. The summed E-state index contributed by atoms with van der Waals surface area (Å²) in [7, 11) is 0. The molecule has 0 radical (unpaired) electrons. The second-order valence-corrected chi connectivity index (χ2v) is 5.88. The standard InChI is InChI=1S/C12H21NO2/c1-11(2)8-4-5-12(11,3)9(6-8)15-7-10(13)14/h8-9H,4-7H2,1-3H3,(H2,13,14). The van der Waals surface area contributed by atoms with Crippen LogP contribution in [0.3, 0.4) is 0 Å². The number of nitrogens with two attached hydrogens (primary N) is 1. The summed E-state index contributed by atoms with van der Waals surface area (Å²) in [6.45, 7) is 7.03. The van der Waals surface area contributed by atoms with Crippen LogP contribution in [0.2, 0.25) is 0 Å². The number of hydrogen-bond acceptors (Lipinski definition) is 2. The minimum atomic E-state index is -0.362. The minimum Gasteiger partial charge on any atom is -0.368 e. The van der Waals surface area contributed by atoms with Crippen molar-refractivity contribution in [2.45, 2.75) is 46.1 Å². The van der Waals surface area contributed by atoms with Crippen LogP contribution in [0.25, 0.3) is 0 Å². The molecule has 2 saturated carbocycles. The highest BCUT2D eigenvalue weighted by atomic mass is 16.5. The summed E-state index contributed by atoms with van der Waals surface area (Å²) in [5.74, 6) is 0.388. The fourth-order valence-corrected chi connectivity index (χ4v) is 3.56. The van der Waals surface area contributed by atoms with Crippen LogP contribution >= 0.6 is 0 Å². The fraction of sp³-hybridized carbons (Fsp3) is 0.917. The first kappa shape index (κ1) is 10.9. The van der Waals surface area contributed by atoms with E-state index in [1.807, 2.05) is 0 Å². The lowest BCUT2D eigenvalue weighted by molar-refractivity contribution is -0.128. The molecule has 15 heavy (non-hydrogen) atoms. The van der Waals surface area contributed by atoms with Crippen molar-refractivity contribution in [2.24, 2.45) is 22.5 Å². The first-order chi connectivity index (χ1) is 6.88. The topological polar surface area (TPSA) is 52.3 Å². The third-order valence-electron chi connectivity index (χ3n) is 5.14. The van der Waals surface area contributed by atoms with E-state index in [0.717, 1.165) is 12.3 Å². The second-order valence-electron chi connectivity index (χ2n) is 5.88. The number of carbonyl (C=O) groups is 1. The zero-order chi connectivity index (χ0) is 11.3. The molecule has 3 heteroatoms. The van der Waals surface area contributed by atoms with Crippen molar-refractivity contribution >= 4 is 5.91 Å². The third-order valence-corrected chi connectivity index (χ3v) is 5.14. The highest BCUT2D eigenvalue weighted by molar-refractivity contribution is 5.75. The van der Waals surface area contributed by atoms with Crippen molar-refractivity contribution in [3.8, 4) is 0 Å². The van der Waals surface area contributed by atoms with Gasteiger partial charge in [-0.05, 0) is 36.0 Å². The highest BCUT2D eigenvalue weighted by Crippen LogP contribution is 2.66. The summed E-state index contributed by atoms with van der Waals surface area (Å²) in [5, 5.41) is 0. The van der Waals surface area contributed by atoms with E-state index in [4.69, 9.17) is 10.5 Å². The number of hydrogen-bond donors (Lipinski definition) is 1. The molecule has 86 valence electrons. The molecule has 2 aliphatic carbocycles. The van der Waals surface area contributed by atoms with Crippen molar-refractivity contribution in [2.75, 3.05) is 6.61 Å². The van der Waals surface area contributed by atoms with Gasteiger partial charge in [0, 0.05) is 0 Å². The molecule has 0 aromatic carbocycles. The summed E-state index contributed by atoms with van der Waals surface area (Å²) in [5.41, 5.74) is 5.69. The lowest BCUT2D eigenvalue weighted by atomic mass is 9.70. The van der Waals surface area contributed by atoms with Gasteiger partial charge in [0.15, 0.2) is 0 Å². The average Bonchev–Trinajstić information content (AvgIpc) is 2.46. The van der Waals surface area contributed by atoms with Gasteiger partial charge < -0.3 is 10.5 Å². The van der Waals surface area contributed by atoms with Crippen LogP contribution in [-0.4, -0.2) is 18.6 Å². The predicted octanol–water partition coefficient (Wildman–Crippen LogP) is 1.70. The molecule has 3 atom stereocenters. The molecule has 0 heterocycles. The van der Waals surface area contributed by atoms with E-state index in [0.29, 0.717) is 5.41 Å². The van der Waals surface area contributed by atoms with Crippen LogP contribution in [0.4, 0.5) is 0 Å². The van der Waals surface area contributed by atoms with Gasteiger partial charge in [0.05, 0.1) is 6.10 Å². The monoisotopic (exact) mass is 211 g/mol. The number of ether oxygens (including phenoxy) is 1. The van der Waals surface area contributed by atoms with Gasteiger partial charge in [-0.1, -0.05) is 20.8 Å². The van der Waals surface area contributed by atoms with E-state index >= 15 is 0 Å². The van der Waals surface area contributed by atoms with E-state index in [1.165, 1.54) is 12.8 Å². The Morgan fingerprint density at radius 3 is 2.53 bits per heavy atom. The Bertz CT molecular complexity index is 287. The number of carbonyl (C=O) groups excluding carboxylic acids is 1. The zero-order valence-electron chi connectivity index (χ0n) is 9.88. The van der Waals surface area contributed by atoms with Gasteiger partial charge in [-0.25, -0.2) is 0 Å². The average molecular weight is 211 g/mol. The van der Waals surface area contributed by atoms with Gasteiger partial charge in [0.25, 0.3) is 0 Å². The number of rotatable bonds is 3. The van der Waals surface area contributed by atoms with E-state index in [-0.39, 0.29) is 24.0 Å². The van der Waals surface area contributed by atoms with Gasteiger partial charge >= 0.3 is 0 Å². The van der Waals surface area contributed by atoms with E-state index in [1.54, 1.807) is 0 Å². The lowest BCUT2D eigenvalue weighted by Gasteiger charge is -2.38. The summed E-state index contributed by atoms with van der Waals surface area (Å²) in [6.07, 6.45) is 3.84. The van der Waals surface area contributed by atoms with Gasteiger partial charge in [-0.3, -0.25) is 4.79 Å². The van der Waals surface area contributed by atoms with Crippen LogP contribution in [0.1, 0.15) is 40.0 Å². The fourth-order valence-electron chi connectivity index (χ4n) is 3.56. The van der Waals surface area contributed by atoms with Crippen LogP contribution in [0.15, 0.2) is 0 Å². The van der Waals surface area contributed by atoms with Crippen molar-refractivity contribution in [3.05, 3.63) is 0 Å². The van der Waals surface area contributed by atoms with Crippen molar-refractivity contribution in [1.82, 2.24) is 0 Å². The molecule has 2 rings (SSSR count). The smallest absolute Gasteiger partial charge is 0.243 e. The van der Waals surface area contributed by atoms with Crippen LogP contribution in [0, 0.1) is 16.7 Å². The van der Waals surface area contributed by atoms with Crippen molar-refractivity contribution in [1.29, 1.82) is 0 Å². The molecular weight excluding hydrogens is 190 g/mol. The predicted molar refractivity (Wildman–Crippen MR) is 58.2 cm³/mol. The Kier molecular flexibility index (Phi) is 2.34. The van der Waals surface area contributed by atoms with Gasteiger partial charge in [0.2, 0.25) is 5.91 Å². The molecule has 2 bridgehead atoms. The Morgan fingerprint density at radius 2 is 2.13 bits per heavy atom. The van der Waals surface area contributed by atoms with E-state index in [9.17, 15) is 4.79 Å². The van der Waals surface area contributed by atoms with Gasteiger partial charge in [-0.2, -0.15) is 0 Å². The second kappa shape index (κ2) is 3.21. The molecule has 3 unspecified atom stereocenters. The van der Waals surface area contributed by atoms with E-state index in [2.05, 4.69) is 20.8 Å². The quantitative estimate of drug-likeness (QED) is 0.772. The van der Waals surface area contributed by atoms with Crippen LogP contribution in [-0.2, 0) is 9.53 Å². The Labute approximate surface area is 91.4 Å². The molecule has 0 aromatic rings. The van der Waals surface area contributed by atoms with Crippen LogP contribution < -0.4 is 5.73 Å². The maximum absolute atomic E-state index is 10.7. The Morgan fingerprint density at radius 1 is 1.47 bits per heavy atom. The first-order valence-corrected chi connectivity index (χ1v) is 5.78. The third kappa shape index (κ3) is 1.40. The lowest BCUT2D eigenvalue weighted by Crippen LogP contribution is -2.38. The maximum Gasteiger partial charge on any atom is 0.243 e. The Balaban J connectivity index is 2.09. The molecule has 2 N–H and O–H groups in total. The number of primary amides is 1. The van der Waals surface area contributed by atoms with E-state index < -0.39 is 0 Å². The molecule has 0 spiro atoms. The summed E-state index contributed by atoms with van der Waals surface area (Å²) in [4.78, 5) is 10.7. The number of amides is 1. The van der Waals surface area contributed by atoms with Gasteiger partial charge in [0.1, 0.15) is 6.61 Å². The maximum atomic E-state index is 10.7. The molecule has 2 aliphatic rings. The molecule has 3 nitrogen and oxygen atoms in total. The Hall–Kier alpha value is -0.570. The SMILES string of the molecule is CC1(C)C2CCC1(C)C(OCC(N)=O)C2. The normalized spacial score (nSPS) is 42.1. The van der Waals surface area contributed by atoms with Crippen molar-refractivity contribution < 1.29 is 9.53 Å². The molecule has 0 saturated heterocycles. The summed E-state index contributed by atoms with van der Waals surface area (Å²) in [6, 6.07) is 0. The van der Waals surface area contributed by atoms with Crippen LogP contribution in [0.5, 0.6) is 0 Å². The number of fused-ring (bicyclic) bond motifs is 2. The molecular formula is C12H21NO2. The first-order valence-electron chi connectivity index (χ1n) is 5.78. The zero-order valence-corrected chi connectivity index (χ0v) is 9.88. The molecule has 0 aliphatic heterocycles. The summed E-state index contributed by atoms with van der Waals surface area (Å²) < 4.78 is 5.66. The van der Waals surface area contributed by atoms with Crippen molar-refractivity contribution in [3.63, 3.8) is 0 Å².